The molecule has 0 spiro atoms. The molecule has 1 atom stereocenters. The van der Waals surface area contributed by atoms with Crippen molar-refractivity contribution in [3.63, 3.8) is 0 Å². The molecule has 4 heteroatoms. The summed E-state index contributed by atoms with van der Waals surface area (Å²) in [4.78, 5) is 0. The molecule has 14 heavy (non-hydrogen) atoms. The van der Waals surface area contributed by atoms with Crippen LogP contribution in [-0.4, -0.2) is 13.2 Å². The number of hydrogen-bond acceptors (Lipinski definition) is 2. The van der Waals surface area contributed by atoms with Crippen molar-refractivity contribution in [2.24, 2.45) is 0 Å². The maximum Gasteiger partial charge on any atom is 0.0535 e. The van der Waals surface area contributed by atoms with Crippen LogP contribution in [0.5, 0.6) is 0 Å². The summed E-state index contributed by atoms with van der Waals surface area (Å²) in [5.74, 6) is 0.473. The van der Waals surface area contributed by atoms with Gasteiger partial charge in [0.2, 0.25) is 0 Å². The molecule has 1 aliphatic rings. The van der Waals surface area contributed by atoms with Gasteiger partial charge in [0.25, 0.3) is 0 Å². The van der Waals surface area contributed by atoms with Gasteiger partial charge in [0.1, 0.15) is 0 Å². The zero-order valence-electron chi connectivity index (χ0n) is 7.70. The first-order valence-corrected chi connectivity index (χ1v) is 4.77. The molecule has 2 nitrogen and oxygen atoms in total. The van der Waals surface area contributed by atoms with Crippen molar-refractivity contribution in [1.29, 1.82) is 0 Å². The molecule has 2 N–H and O–H groups in total. The Labute approximate surface area is 94.8 Å². The Morgan fingerprint density at radius 1 is 1.36 bits per heavy atom. The maximum absolute atomic E-state index is 5.91. The third kappa shape index (κ3) is 2.53. The quantitative estimate of drug-likeness (QED) is 0.758. The van der Waals surface area contributed by atoms with Crippen molar-refractivity contribution in [3.05, 3.63) is 28.8 Å². The Balaban J connectivity index is 0.000000980. The van der Waals surface area contributed by atoms with E-state index in [-0.39, 0.29) is 12.4 Å². The van der Waals surface area contributed by atoms with Gasteiger partial charge in [-0.05, 0) is 30.2 Å². The lowest BCUT2D eigenvalue weighted by atomic mass is 9.98. The van der Waals surface area contributed by atoms with E-state index in [1.54, 1.807) is 6.07 Å². The molecule has 1 aromatic carbocycles. The van der Waals surface area contributed by atoms with Gasteiger partial charge in [-0.1, -0.05) is 11.6 Å². The lowest BCUT2D eigenvalue weighted by Gasteiger charge is -2.09. The van der Waals surface area contributed by atoms with Crippen LogP contribution in [0.1, 0.15) is 17.9 Å². The minimum atomic E-state index is 0. The summed E-state index contributed by atoms with van der Waals surface area (Å²) in [5.41, 5.74) is 7.63. The van der Waals surface area contributed by atoms with E-state index in [1.165, 1.54) is 5.56 Å². The number of halogens is 2. The molecule has 2 rings (SSSR count). The third-order valence-corrected chi connectivity index (χ3v) is 2.56. The van der Waals surface area contributed by atoms with Gasteiger partial charge < -0.3 is 10.5 Å². The number of rotatable bonds is 1. The number of anilines is 1. The minimum absolute atomic E-state index is 0. The molecule has 1 heterocycles. The molecule has 1 aromatic rings. The highest BCUT2D eigenvalue weighted by Crippen LogP contribution is 2.28. The Hall–Kier alpha value is -0.440. The molecule has 0 aliphatic carbocycles. The van der Waals surface area contributed by atoms with E-state index in [9.17, 15) is 0 Å². The van der Waals surface area contributed by atoms with Gasteiger partial charge in [0, 0.05) is 23.2 Å². The zero-order valence-corrected chi connectivity index (χ0v) is 9.27. The molecule has 1 saturated heterocycles. The van der Waals surface area contributed by atoms with Gasteiger partial charge in [-0.25, -0.2) is 0 Å². The Kier molecular flexibility index (Phi) is 4.05. The van der Waals surface area contributed by atoms with Gasteiger partial charge >= 0.3 is 0 Å². The number of hydrogen-bond donors (Lipinski definition) is 1. The summed E-state index contributed by atoms with van der Waals surface area (Å²) in [6, 6.07) is 5.71. The Morgan fingerprint density at radius 3 is 2.71 bits per heavy atom. The smallest absolute Gasteiger partial charge is 0.0535 e. The van der Waals surface area contributed by atoms with Gasteiger partial charge in [-0.2, -0.15) is 0 Å². The SMILES string of the molecule is Cl.Nc1cc(Cl)cc(C2CCOC2)c1. The summed E-state index contributed by atoms with van der Waals surface area (Å²) in [5, 5.41) is 0.710. The largest absolute Gasteiger partial charge is 0.399 e. The van der Waals surface area contributed by atoms with Crippen LogP contribution >= 0.6 is 24.0 Å². The van der Waals surface area contributed by atoms with Crippen molar-refractivity contribution in [1.82, 2.24) is 0 Å². The highest BCUT2D eigenvalue weighted by molar-refractivity contribution is 6.30. The summed E-state index contributed by atoms with van der Waals surface area (Å²) < 4.78 is 5.31. The highest BCUT2D eigenvalue weighted by atomic mass is 35.5. The zero-order chi connectivity index (χ0) is 9.26. The van der Waals surface area contributed by atoms with Crippen LogP contribution in [0.25, 0.3) is 0 Å². The molecule has 0 radical (unpaired) electrons. The first-order valence-electron chi connectivity index (χ1n) is 4.39. The van der Waals surface area contributed by atoms with E-state index in [4.69, 9.17) is 22.1 Å². The molecule has 1 fully saturated rings. The molecule has 0 aromatic heterocycles. The van der Waals surface area contributed by atoms with Crippen LogP contribution in [0, 0.1) is 0 Å². The fraction of sp³-hybridized carbons (Fsp3) is 0.400. The van der Waals surface area contributed by atoms with Crippen LogP contribution in [-0.2, 0) is 4.74 Å². The first-order chi connectivity index (χ1) is 6.25. The van der Waals surface area contributed by atoms with Crippen molar-refractivity contribution < 1.29 is 4.74 Å². The second-order valence-corrected chi connectivity index (χ2v) is 3.81. The van der Waals surface area contributed by atoms with Crippen molar-refractivity contribution in [3.8, 4) is 0 Å². The van der Waals surface area contributed by atoms with Gasteiger partial charge in [-0.15, -0.1) is 12.4 Å². The molecule has 0 saturated carbocycles. The third-order valence-electron chi connectivity index (χ3n) is 2.34. The Morgan fingerprint density at radius 2 is 2.14 bits per heavy atom. The van der Waals surface area contributed by atoms with E-state index in [2.05, 4.69) is 0 Å². The van der Waals surface area contributed by atoms with E-state index in [0.717, 1.165) is 25.3 Å². The van der Waals surface area contributed by atoms with Gasteiger partial charge in [-0.3, -0.25) is 0 Å². The van der Waals surface area contributed by atoms with Crippen LogP contribution in [0.2, 0.25) is 5.02 Å². The summed E-state index contributed by atoms with van der Waals surface area (Å²) >= 11 is 5.91. The number of ether oxygens (including phenoxy) is 1. The Bertz CT molecular complexity index is 291. The molecule has 1 unspecified atom stereocenters. The average molecular weight is 234 g/mol. The molecule has 78 valence electrons. The van der Waals surface area contributed by atoms with Crippen molar-refractivity contribution >= 4 is 29.7 Å². The summed E-state index contributed by atoms with van der Waals surface area (Å²) in [6.45, 7) is 1.64. The predicted molar refractivity (Wildman–Crippen MR) is 61.3 cm³/mol. The highest BCUT2D eigenvalue weighted by Gasteiger charge is 2.18. The van der Waals surface area contributed by atoms with Crippen molar-refractivity contribution in [2.75, 3.05) is 18.9 Å². The van der Waals surface area contributed by atoms with E-state index in [0.29, 0.717) is 10.9 Å². The maximum atomic E-state index is 5.91. The first kappa shape index (κ1) is 11.6. The molecule has 0 bridgehead atoms. The average Bonchev–Trinajstić information content (AvgIpc) is 2.53. The molecule has 1 aliphatic heterocycles. The standard InChI is InChI=1S/C10H12ClNO.ClH/c11-9-3-8(4-10(12)5-9)7-1-2-13-6-7;/h3-5,7H,1-2,6,12H2;1H. The fourth-order valence-electron chi connectivity index (χ4n) is 1.67. The lowest BCUT2D eigenvalue weighted by molar-refractivity contribution is 0.194. The monoisotopic (exact) mass is 233 g/mol. The number of benzene rings is 1. The predicted octanol–water partition coefficient (Wildman–Crippen LogP) is 2.85. The second kappa shape index (κ2) is 4.87. The van der Waals surface area contributed by atoms with Crippen molar-refractivity contribution in [2.45, 2.75) is 12.3 Å². The summed E-state index contributed by atoms with van der Waals surface area (Å²) in [7, 11) is 0. The molecular weight excluding hydrogens is 221 g/mol. The van der Waals surface area contributed by atoms with Crippen LogP contribution in [0.4, 0.5) is 5.69 Å². The minimum Gasteiger partial charge on any atom is -0.399 e. The molecule has 0 amide bonds. The van der Waals surface area contributed by atoms with Crippen LogP contribution < -0.4 is 5.73 Å². The summed E-state index contributed by atoms with van der Waals surface area (Å²) in [6.07, 6.45) is 1.07. The van der Waals surface area contributed by atoms with E-state index >= 15 is 0 Å². The lowest BCUT2D eigenvalue weighted by Crippen LogP contribution is -1.98. The topological polar surface area (TPSA) is 35.2 Å². The second-order valence-electron chi connectivity index (χ2n) is 3.38. The number of nitrogens with two attached hydrogens (primary N) is 1. The van der Waals surface area contributed by atoms with Gasteiger partial charge in [0.05, 0.1) is 6.61 Å². The normalized spacial score (nSPS) is 20.5. The molecular formula is C10H13Cl2NO. The van der Waals surface area contributed by atoms with Gasteiger partial charge in [0.15, 0.2) is 0 Å². The van der Waals surface area contributed by atoms with E-state index in [1.807, 2.05) is 12.1 Å². The number of nitrogen functional groups attached to an aromatic ring is 1. The van der Waals surface area contributed by atoms with Crippen LogP contribution in [0.3, 0.4) is 0 Å². The van der Waals surface area contributed by atoms with E-state index < -0.39 is 0 Å². The fourth-order valence-corrected chi connectivity index (χ4v) is 1.92. The van der Waals surface area contributed by atoms with Crippen LogP contribution in [0.15, 0.2) is 18.2 Å².